The van der Waals surface area contributed by atoms with Gasteiger partial charge in [0, 0.05) is 5.25 Å². The fraction of sp³-hybridized carbons (Fsp3) is 1.00. The predicted octanol–water partition coefficient (Wildman–Crippen LogP) is 2.65. The molecule has 1 saturated heterocycles. The molecular weight excluding hydrogens is 178 g/mol. The van der Waals surface area contributed by atoms with Crippen LogP contribution in [-0.4, -0.2) is 17.5 Å². The van der Waals surface area contributed by atoms with Gasteiger partial charge in [-0.05, 0) is 56.2 Å². The average molecular weight is 199 g/mol. The Bertz CT molecular complexity index is 150. The zero-order valence-corrected chi connectivity index (χ0v) is 9.19. The van der Waals surface area contributed by atoms with E-state index in [1.165, 1.54) is 44.3 Å². The number of thioether (sulfide) groups is 1. The van der Waals surface area contributed by atoms with Gasteiger partial charge in [-0.2, -0.15) is 11.8 Å². The van der Waals surface area contributed by atoms with Crippen molar-refractivity contribution in [3.63, 3.8) is 0 Å². The van der Waals surface area contributed by atoms with Crippen LogP contribution in [0.3, 0.4) is 0 Å². The van der Waals surface area contributed by atoms with Crippen molar-refractivity contribution in [1.82, 2.24) is 0 Å². The standard InChI is InChI=1S/C11H21NS/c12-7-6-10(9-4-5-9)11-3-1-2-8-13-11/h9-11H,1-8,12H2. The van der Waals surface area contributed by atoms with E-state index in [0.717, 1.165) is 23.6 Å². The highest BCUT2D eigenvalue weighted by atomic mass is 32.2. The predicted molar refractivity (Wildman–Crippen MR) is 60.0 cm³/mol. The second kappa shape index (κ2) is 4.70. The lowest BCUT2D eigenvalue weighted by molar-refractivity contribution is 0.394. The molecule has 0 amide bonds. The maximum absolute atomic E-state index is 5.69. The summed E-state index contributed by atoms with van der Waals surface area (Å²) in [5, 5.41) is 0.963. The van der Waals surface area contributed by atoms with E-state index in [1.54, 1.807) is 0 Å². The maximum atomic E-state index is 5.69. The Balaban J connectivity index is 1.84. The van der Waals surface area contributed by atoms with Crippen LogP contribution in [0.4, 0.5) is 0 Å². The molecule has 2 heteroatoms. The molecule has 13 heavy (non-hydrogen) atoms. The van der Waals surface area contributed by atoms with Crippen molar-refractivity contribution >= 4 is 11.8 Å². The third-order valence-corrected chi connectivity index (χ3v) is 4.96. The first kappa shape index (κ1) is 9.85. The SMILES string of the molecule is NCCC(C1CC1)C1CCCCS1. The van der Waals surface area contributed by atoms with Gasteiger partial charge in [0.15, 0.2) is 0 Å². The second-order valence-electron chi connectivity index (χ2n) is 4.48. The summed E-state index contributed by atoms with van der Waals surface area (Å²) in [4.78, 5) is 0. The minimum atomic E-state index is 0.901. The summed E-state index contributed by atoms with van der Waals surface area (Å²) in [5.74, 6) is 3.42. The maximum Gasteiger partial charge on any atom is 0.00784 e. The molecule has 0 spiro atoms. The van der Waals surface area contributed by atoms with E-state index in [1.807, 2.05) is 0 Å². The van der Waals surface area contributed by atoms with Crippen LogP contribution >= 0.6 is 11.8 Å². The molecule has 0 bridgehead atoms. The topological polar surface area (TPSA) is 26.0 Å². The first-order chi connectivity index (χ1) is 6.42. The molecule has 2 aliphatic rings. The minimum absolute atomic E-state index is 0.901. The minimum Gasteiger partial charge on any atom is -0.330 e. The molecule has 1 saturated carbocycles. The Kier molecular flexibility index (Phi) is 3.56. The first-order valence-corrected chi connectivity index (χ1v) is 6.78. The van der Waals surface area contributed by atoms with Crippen molar-refractivity contribution in [2.75, 3.05) is 12.3 Å². The molecule has 0 aromatic rings. The lowest BCUT2D eigenvalue weighted by Crippen LogP contribution is -2.25. The van der Waals surface area contributed by atoms with Crippen LogP contribution in [0.15, 0.2) is 0 Å². The summed E-state index contributed by atoms with van der Waals surface area (Å²) in [6.07, 6.45) is 8.63. The summed E-state index contributed by atoms with van der Waals surface area (Å²) in [5.41, 5.74) is 5.69. The molecule has 2 N–H and O–H groups in total. The van der Waals surface area contributed by atoms with E-state index < -0.39 is 0 Å². The van der Waals surface area contributed by atoms with Gasteiger partial charge >= 0.3 is 0 Å². The van der Waals surface area contributed by atoms with E-state index in [9.17, 15) is 0 Å². The highest BCUT2D eigenvalue weighted by Gasteiger charge is 2.36. The van der Waals surface area contributed by atoms with E-state index in [-0.39, 0.29) is 0 Å². The van der Waals surface area contributed by atoms with Crippen molar-refractivity contribution in [3.05, 3.63) is 0 Å². The van der Waals surface area contributed by atoms with Crippen LogP contribution in [-0.2, 0) is 0 Å². The van der Waals surface area contributed by atoms with Gasteiger partial charge in [0.25, 0.3) is 0 Å². The molecule has 0 aromatic carbocycles. The molecule has 2 unspecified atom stereocenters. The third kappa shape index (κ3) is 2.63. The molecular formula is C11H21NS. The molecule has 1 heterocycles. The third-order valence-electron chi connectivity index (χ3n) is 3.42. The monoisotopic (exact) mass is 199 g/mol. The highest BCUT2D eigenvalue weighted by molar-refractivity contribution is 7.99. The van der Waals surface area contributed by atoms with Crippen molar-refractivity contribution in [1.29, 1.82) is 0 Å². The van der Waals surface area contributed by atoms with Gasteiger partial charge in [-0.3, -0.25) is 0 Å². The Morgan fingerprint density at radius 1 is 1.23 bits per heavy atom. The molecule has 1 nitrogen and oxygen atoms in total. The normalized spacial score (nSPS) is 31.6. The van der Waals surface area contributed by atoms with Crippen molar-refractivity contribution < 1.29 is 0 Å². The Labute approximate surface area is 85.8 Å². The van der Waals surface area contributed by atoms with Gasteiger partial charge < -0.3 is 5.73 Å². The number of hydrogen-bond acceptors (Lipinski definition) is 2. The zero-order chi connectivity index (χ0) is 9.10. The van der Waals surface area contributed by atoms with Crippen LogP contribution < -0.4 is 5.73 Å². The van der Waals surface area contributed by atoms with E-state index >= 15 is 0 Å². The fourth-order valence-electron chi connectivity index (χ4n) is 2.55. The van der Waals surface area contributed by atoms with Crippen molar-refractivity contribution in [3.8, 4) is 0 Å². The fourth-order valence-corrected chi connectivity index (χ4v) is 4.16. The van der Waals surface area contributed by atoms with Crippen LogP contribution in [0.25, 0.3) is 0 Å². The smallest absolute Gasteiger partial charge is 0.00784 e. The lowest BCUT2D eigenvalue weighted by atomic mass is 9.92. The van der Waals surface area contributed by atoms with Crippen molar-refractivity contribution in [2.24, 2.45) is 17.6 Å². The summed E-state index contributed by atoms with van der Waals surface area (Å²) in [6.45, 7) is 0.901. The van der Waals surface area contributed by atoms with Crippen LogP contribution in [0.5, 0.6) is 0 Å². The van der Waals surface area contributed by atoms with Gasteiger partial charge in [0.2, 0.25) is 0 Å². The van der Waals surface area contributed by atoms with E-state index in [4.69, 9.17) is 5.73 Å². The molecule has 2 atom stereocenters. The molecule has 76 valence electrons. The first-order valence-electron chi connectivity index (χ1n) is 5.73. The molecule has 1 aliphatic carbocycles. The lowest BCUT2D eigenvalue weighted by Gasteiger charge is -2.29. The average Bonchev–Trinajstić information content (AvgIpc) is 2.99. The van der Waals surface area contributed by atoms with Crippen LogP contribution in [0.2, 0.25) is 0 Å². The Morgan fingerprint density at radius 2 is 2.08 bits per heavy atom. The summed E-state index contributed by atoms with van der Waals surface area (Å²) in [7, 11) is 0. The second-order valence-corrected chi connectivity index (χ2v) is 5.83. The van der Waals surface area contributed by atoms with Gasteiger partial charge in [-0.1, -0.05) is 6.42 Å². The van der Waals surface area contributed by atoms with Crippen LogP contribution in [0.1, 0.15) is 38.5 Å². The summed E-state index contributed by atoms with van der Waals surface area (Å²) >= 11 is 2.22. The largest absolute Gasteiger partial charge is 0.330 e. The Morgan fingerprint density at radius 3 is 2.62 bits per heavy atom. The summed E-state index contributed by atoms with van der Waals surface area (Å²) < 4.78 is 0. The van der Waals surface area contributed by atoms with E-state index in [0.29, 0.717) is 0 Å². The molecule has 2 rings (SSSR count). The molecule has 1 aliphatic heterocycles. The highest BCUT2D eigenvalue weighted by Crippen LogP contribution is 2.45. The summed E-state index contributed by atoms with van der Waals surface area (Å²) in [6, 6.07) is 0. The van der Waals surface area contributed by atoms with Crippen molar-refractivity contribution in [2.45, 2.75) is 43.8 Å². The van der Waals surface area contributed by atoms with E-state index in [2.05, 4.69) is 11.8 Å². The Hall–Kier alpha value is 0.310. The molecule has 2 fully saturated rings. The molecule has 0 aromatic heterocycles. The number of rotatable bonds is 4. The quantitative estimate of drug-likeness (QED) is 0.753. The van der Waals surface area contributed by atoms with Gasteiger partial charge in [-0.15, -0.1) is 0 Å². The van der Waals surface area contributed by atoms with Crippen LogP contribution in [0, 0.1) is 11.8 Å². The number of hydrogen-bond donors (Lipinski definition) is 1. The van der Waals surface area contributed by atoms with Gasteiger partial charge in [0.1, 0.15) is 0 Å². The molecule has 0 radical (unpaired) electrons. The van der Waals surface area contributed by atoms with Gasteiger partial charge in [0.05, 0.1) is 0 Å². The number of nitrogens with two attached hydrogens (primary N) is 1. The van der Waals surface area contributed by atoms with Gasteiger partial charge in [-0.25, -0.2) is 0 Å². The zero-order valence-electron chi connectivity index (χ0n) is 8.37.